The van der Waals surface area contributed by atoms with Crippen LogP contribution < -0.4 is 5.32 Å². The Balaban J connectivity index is 1.88. The molecule has 1 aromatic heterocycles. The molecule has 1 fully saturated rings. The Morgan fingerprint density at radius 2 is 2.43 bits per heavy atom. The van der Waals surface area contributed by atoms with Crippen molar-refractivity contribution in [3.05, 3.63) is 22.4 Å². The van der Waals surface area contributed by atoms with E-state index in [1.54, 1.807) is 11.3 Å². The zero-order chi connectivity index (χ0) is 10.0. The Morgan fingerprint density at radius 1 is 1.64 bits per heavy atom. The lowest BCUT2D eigenvalue weighted by Gasteiger charge is -2.31. The van der Waals surface area contributed by atoms with Gasteiger partial charge in [0.25, 0.3) is 0 Å². The van der Waals surface area contributed by atoms with Crippen molar-refractivity contribution in [1.82, 2.24) is 5.32 Å². The summed E-state index contributed by atoms with van der Waals surface area (Å²) < 4.78 is 0. The summed E-state index contributed by atoms with van der Waals surface area (Å²) in [4.78, 5) is 1.05. The lowest BCUT2D eigenvalue weighted by Crippen LogP contribution is -2.43. The first-order valence-corrected chi connectivity index (χ1v) is 6.06. The van der Waals surface area contributed by atoms with Crippen LogP contribution in [0.15, 0.2) is 17.5 Å². The van der Waals surface area contributed by atoms with Gasteiger partial charge in [0.1, 0.15) is 5.60 Å². The summed E-state index contributed by atoms with van der Waals surface area (Å²) in [6.45, 7) is 2.54. The first-order valence-electron chi connectivity index (χ1n) is 5.18. The highest BCUT2D eigenvalue weighted by Gasteiger charge is 2.26. The molecule has 0 aromatic carbocycles. The van der Waals surface area contributed by atoms with Gasteiger partial charge in [0.05, 0.1) is 0 Å². The van der Waals surface area contributed by atoms with Gasteiger partial charge in [0, 0.05) is 17.5 Å². The maximum Gasteiger partial charge on any atom is 0.108 e. The molecule has 1 saturated carbocycles. The van der Waals surface area contributed by atoms with Crippen LogP contribution in [-0.2, 0) is 5.60 Å². The summed E-state index contributed by atoms with van der Waals surface area (Å²) in [6, 6.07) is 4.62. The van der Waals surface area contributed by atoms with Gasteiger partial charge in [-0.1, -0.05) is 12.5 Å². The molecule has 0 amide bonds. The van der Waals surface area contributed by atoms with Gasteiger partial charge in [0.15, 0.2) is 0 Å². The number of aliphatic hydroxyl groups is 1. The van der Waals surface area contributed by atoms with E-state index in [-0.39, 0.29) is 0 Å². The molecule has 1 heterocycles. The summed E-state index contributed by atoms with van der Waals surface area (Å²) in [6.07, 6.45) is 3.86. The van der Waals surface area contributed by atoms with Gasteiger partial charge in [-0.25, -0.2) is 0 Å². The summed E-state index contributed by atoms with van der Waals surface area (Å²) in [5.41, 5.74) is -0.705. The van der Waals surface area contributed by atoms with Gasteiger partial charge < -0.3 is 10.4 Å². The summed E-state index contributed by atoms with van der Waals surface area (Å²) in [5, 5.41) is 15.6. The molecule has 0 bridgehead atoms. The molecule has 3 heteroatoms. The topological polar surface area (TPSA) is 32.3 Å². The second-order valence-corrected chi connectivity index (χ2v) is 5.21. The van der Waals surface area contributed by atoms with Gasteiger partial charge in [-0.15, -0.1) is 11.3 Å². The molecule has 1 unspecified atom stereocenters. The normalized spacial score (nSPS) is 21.6. The van der Waals surface area contributed by atoms with Crippen molar-refractivity contribution in [2.24, 2.45) is 0 Å². The van der Waals surface area contributed by atoms with E-state index in [0.717, 1.165) is 4.88 Å². The third kappa shape index (κ3) is 2.16. The van der Waals surface area contributed by atoms with E-state index < -0.39 is 5.60 Å². The van der Waals surface area contributed by atoms with E-state index in [2.05, 4.69) is 5.32 Å². The minimum atomic E-state index is -0.705. The number of hydrogen-bond donors (Lipinski definition) is 2. The highest BCUT2D eigenvalue weighted by molar-refractivity contribution is 7.10. The molecule has 1 aromatic rings. The SMILES string of the molecule is CC(O)(CNC1CCC1)c1cccs1. The minimum Gasteiger partial charge on any atom is -0.383 e. The standard InChI is InChI=1S/C11H17NOS/c1-11(13,10-6-3-7-14-10)8-12-9-4-2-5-9/h3,6-7,9,12-13H,2,4-5,8H2,1H3. The average molecular weight is 211 g/mol. The Labute approximate surface area is 89.0 Å². The van der Waals surface area contributed by atoms with E-state index in [1.165, 1.54) is 19.3 Å². The van der Waals surface area contributed by atoms with Gasteiger partial charge in [0.2, 0.25) is 0 Å². The molecular formula is C11H17NOS. The van der Waals surface area contributed by atoms with Crippen molar-refractivity contribution in [1.29, 1.82) is 0 Å². The van der Waals surface area contributed by atoms with Gasteiger partial charge in [-0.3, -0.25) is 0 Å². The van der Waals surface area contributed by atoms with Crippen molar-refractivity contribution in [2.75, 3.05) is 6.54 Å². The van der Waals surface area contributed by atoms with Crippen LogP contribution in [0.2, 0.25) is 0 Å². The Hall–Kier alpha value is -0.380. The molecule has 0 aliphatic heterocycles. The number of nitrogens with one attached hydrogen (secondary N) is 1. The van der Waals surface area contributed by atoms with Crippen molar-refractivity contribution >= 4 is 11.3 Å². The maximum absolute atomic E-state index is 10.2. The second-order valence-electron chi connectivity index (χ2n) is 4.26. The van der Waals surface area contributed by atoms with Crippen molar-refractivity contribution in [3.8, 4) is 0 Å². The van der Waals surface area contributed by atoms with Crippen molar-refractivity contribution in [2.45, 2.75) is 37.8 Å². The highest BCUT2D eigenvalue weighted by atomic mass is 32.1. The van der Waals surface area contributed by atoms with E-state index in [1.807, 2.05) is 24.4 Å². The largest absolute Gasteiger partial charge is 0.383 e. The first kappa shape index (κ1) is 10.1. The third-order valence-corrected chi connectivity index (χ3v) is 4.02. The van der Waals surface area contributed by atoms with E-state index in [4.69, 9.17) is 0 Å². The first-order chi connectivity index (χ1) is 6.68. The van der Waals surface area contributed by atoms with Crippen LogP contribution in [0, 0.1) is 0 Å². The highest BCUT2D eigenvalue weighted by Crippen LogP contribution is 2.26. The predicted octanol–water partition coefficient (Wildman–Crippen LogP) is 2.10. The molecule has 2 nitrogen and oxygen atoms in total. The zero-order valence-corrected chi connectivity index (χ0v) is 9.31. The van der Waals surface area contributed by atoms with Gasteiger partial charge in [-0.05, 0) is 31.2 Å². The molecule has 2 N–H and O–H groups in total. The molecule has 1 atom stereocenters. The maximum atomic E-state index is 10.2. The molecule has 1 aliphatic rings. The van der Waals surface area contributed by atoms with Crippen LogP contribution in [0.1, 0.15) is 31.1 Å². The smallest absolute Gasteiger partial charge is 0.108 e. The Bertz CT molecular complexity index is 277. The fraction of sp³-hybridized carbons (Fsp3) is 0.636. The van der Waals surface area contributed by atoms with Gasteiger partial charge >= 0.3 is 0 Å². The van der Waals surface area contributed by atoms with E-state index in [9.17, 15) is 5.11 Å². The van der Waals surface area contributed by atoms with Crippen LogP contribution >= 0.6 is 11.3 Å². The Morgan fingerprint density at radius 3 is 2.93 bits per heavy atom. The van der Waals surface area contributed by atoms with Crippen LogP contribution in [0.25, 0.3) is 0 Å². The van der Waals surface area contributed by atoms with Crippen LogP contribution in [0.5, 0.6) is 0 Å². The van der Waals surface area contributed by atoms with Crippen LogP contribution in [0.4, 0.5) is 0 Å². The van der Waals surface area contributed by atoms with Crippen molar-refractivity contribution < 1.29 is 5.11 Å². The molecule has 14 heavy (non-hydrogen) atoms. The van der Waals surface area contributed by atoms with E-state index >= 15 is 0 Å². The molecular weight excluding hydrogens is 194 g/mol. The summed E-state index contributed by atoms with van der Waals surface area (Å²) in [5.74, 6) is 0. The monoisotopic (exact) mass is 211 g/mol. The van der Waals surface area contributed by atoms with Crippen LogP contribution in [0.3, 0.4) is 0 Å². The quantitative estimate of drug-likeness (QED) is 0.799. The molecule has 0 radical (unpaired) electrons. The van der Waals surface area contributed by atoms with Crippen LogP contribution in [-0.4, -0.2) is 17.7 Å². The molecule has 78 valence electrons. The fourth-order valence-electron chi connectivity index (χ4n) is 1.63. The summed E-state index contributed by atoms with van der Waals surface area (Å²) in [7, 11) is 0. The average Bonchev–Trinajstić information content (AvgIpc) is 2.52. The predicted molar refractivity (Wildman–Crippen MR) is 59.5 cm³/mol. The lowest BCUT2D eigenvalue weighted by molar-refractivity contribution is 0.0539. The Kier molecular flexibility index (Phi) is 2.91. The molecule has 1 aliphatic carbocycles. The van der Waals surface area contributed by atoms with Crippen molar-refractivity contribution in [3.63, 3.8) is 0 Å². The molecule has 2 rings (SSSR count). The number of thiophene rings is 1. The zero-order valence-electron chi connectivity index (χ0n) is 8.49. The second kappa shape index (κ2) is 4.01. The van der Waals surface area contributed by atoms with E-state index in [0.29, 0.717) is 12.6 Å². The third-order valence-electron chi connectivity index (χ3n) is 2.89. The number of hydrogen-bond acceptors (Lipinski definition) is 3. The minimum absolute atomic E-state index is 0.640. The number of rotatable bonds is 4. The lowest BCUT2D eigenvalue weighted by atomic mass is 9.92. The summed E-state index contributed by atoms with van der Waals surface area (Å²) >= 11 is 1.62. The molecule has 0 spiro atoms. The van der Waals surface area contributed by atoms with Gasteiger partial charge in [-0.2, -0.15) is 0 Å². The molecule has 0 saturated heterocycles. The fourth-order valence-corrected chi connectivity index (χ4v) is 2.41.